The number of unbranched alkanes of at least 4 members (excludes halogenated alkanes) is 8. The van der Waals surface area contributed by atoms with E-state index in [1.807, 2.05) is 24.3 Å². The lowest BCUT2D eigenvalue weighted by Crippen LogP contribution is -1.80. The maximum absolute atomic E-state index is 5.91. The smallest absolute Gasteiger partial charge is 0.0418 e. The second-order valence-electron chi connectivity index (χ2n) is 5.04. The third-order valence-electron chi connectivity index (χ3n) is 3.21. The van der Waals surface area contributed by atoms with E-state index in [-0.39, 0.29) is 0 Å². The summed E-state index contributed by atoms with van der Waals surface area (Å²) in [6.45, 7) is 2.26. The van der Waals surface area contributed by atoms with Crippen LogP contribution in [-0.4, -0.2) is 0 Å². The average Bonchev–Trinajstić information content (AvgIpc) is 2.41. The van der Waals surface area contributed by atoms with Crippen LogP contribution in [0.2, 0.25) is 5.02 Å². The van der Waals surface area contributed by atoms with E-state index >= 15 is 0 Å². The van der Waals surface area contributed by atoms with E-state index in [0.29, 0.717) is 0 Å². The Bertz CT molecular complexity index is 398. The van der Waals surface area contributed by atoms with Gasteiger partial charge in [0.05, 0.1) is 0 Å². The Morgan fingerprint density at radius 1 is 0.947 bits per heavy atom. The van der Waals surface area contributed by atoms with E-state index in [1.54, 1.807) is 0 Å². The molecular weight excluding hydrogens is 252 g/mol. The molecular formula is C18H25Cl. The molecule has 1 rings (SSSR count). The van der Waals surface area contributed by atoms with Gasteiger partial charge in [-0.15, -0.1) is 0 Å². The Morgan fingerprint density at radius 3 is 2.32 bits per heavy atom. The molecule has 0 radical (unpaired) electrons. The fourth-order valence-electron chi connectivity index (χ4n) is 2.08. The first-order valence-corrected chi connectivity index (χ1v) is 7.95. The zero-order chi connectivity index (χ0) is 13.8. The van der Waals surface area contributed by atoms with E-state index in [9.17, 15) is 0 Å². The highest BCUT2D eigenvalue weighted by atomic mass is 35.5. The monoisotopic (exact) mass is 276 g/mol. The molecule has 0 aromatic heterocycles. The molecule has 1 aromatic carbocycles. The zero-order valence-corrected chi connectivity index (χ0v) is 12.8. The maximum Gasteiger partial charge on any atom is 0.0418 e. The highest BCUT2D eigenvalue weighted by Crippen LogP contribution is 2.10. The summed E-state index contributed by atoms with van der Waals surface area (Å²) in [7, 11) is 0. The molecule has 104 valence electrons. The van der Waals surface area contributed by atoms with Crippen LogP contribution in [0.5, 0.6) is 0 Å². The minimum Gasteiger partial charge on any atom is -0.0979 e. The minimum atomic E-state index is 0.763. The van der Waals surface area contributed by atoms with Crippen molar-refractivity contribution >= 4 is 11.6 Å². The molecule has 0 aliphatic carbocycles. The summed E-state index contributed by atoms with van der Waals surface area (Å²) in [5.41, 5.74) is 1.02. The summed E-state index contributed by atoms with van der Waals surface area (Å²) in [6.07, 6.45) is 11.8. The van der Waals surface area contributed by atoms with Gasteiger partial charge in [-0.2, -0.15) is 0 Å². The molecule has 0 aliphatic rings. The van der Waals surface area contributed by atoms with Crippen LogP contribution in [0.15, 0.2) is 24.3 Å². The molecule has 1 aromatic rings. The molecule has 0 bridgehead atoms. The van der Waals surface area contributed by atoms with E-state index in [0.717, 1.165) is 17.0 Å². The molecule has 0 atom stereocenters. The lowest BCUT2D eigenvalue weighted by Gasteiger charge is -1.99. The van der Waals surface area contributed by atoms with Gasteiger partial charge in [-0.05, 0) is 24.6 Å². The van der Waals surface area contributed by atoms with Gasteiger partial charge in [0.1, 0.15) is 0 Å². The summed E-state index contributed by atoms with van der Waals surface area (Å²) < 4.78 is 0. The summed E-state index contributed by atoms with van der Waals surface area (Å²) in [4.78, 5) is 0. The summed E-state index contributed by atoms with van der Waals surface area (Å²) >= 11 is 5.91. The maximum atomic E-state index is 5.91. The van der Waals surface area contributed by atoms with Crippen molar-refractivity contribution in [3.8, 4) is 11.8 Å². The molecule has 0 saturated carbocycles. The molecule has 0 saturated heterocycles. The van der Waals surface area contributed by atoms with Crippen LogP contribution in [-0.2, 0) is 0 Å². The molecule has 0 unspecified atom stereocenters. The van der Waals surface area contributed by atoms with Crippen LogP contribution < -0.4 is 0 Å². The lowest BCUT2D eigenvalue weighted by molar-refractivity contribution is 0.579. The first kappa shape index (κ1) is 16.1. The quantitative estimate of drug-likeness (QED) is 0.390. The van der Waals surface area contributed by atoms with E-state index in [1.165, 1.54) is 51.4 Å². The second-order valence-corrected chi connectivity index (χ2v) is 5.47. The van der Waals surface area contributed by atoms with Gasteiger partial charge in [0.2, 0.25) is 0 Å². The van der Waals surface area contributed by atoms with Crippen molar-refractivity contribution in [3.63, 3.8) is 0 Å². The first-order valence-electron chi connectivity index (χ1n) is 7.57. The van der Waals surface area contributed by atoms with Crippen molar-refractivity contribution in [3.05, 3.63) is 34.9 Å². The zero-order valence-electron chi connectivity index (χ0n) is 12.1. The summed E-state index contributed by atoms with van der Waals surface area (Å²) in [6, 6.07) is 7.75. The molecule has 0 heterocycles. The third-order valence-corrected chi connectivity index (χ3v) is 3.45. The van der Waals surface area contributed by atoms with E-state index in [4.69, 9.17) is 11.6 Å². The number of rotatable bonds is 8. The predicted molar refractivity (Wildman–Crippen MR) is 85.6 cm³/mol. The highest BCUT2D eigenvalue weighted by molar-refractivity contribution is 6.30. The third kappa shape index (κ3) is 8.73. The topological polar surface area (TPSA) is 0 Å². The number of hydrogen-bond acceptors (Lipinski definition) is 0. The normalized spacial score (nSPS) is 10.0. The number of halogens is 1. The van der Waals surface area contributed by atoms with Gasteiger partial charge in [0, 0.05) is 17.0 Å². The van der Waals surface area contributed by atoms with Crippen molar-refractivity contribution in [2.45, 2.75) is 64.7 Å². The highest BCUT2D eigenvalue weighted by Gasteiger charge is 1.91. The van der Waals surface area contributed by atoms with E-state index in [2.05, 4.69) is 18.8 Å². The Morgan fingerprint density at radius 2 is 1.63 bits per heavy atom. The van der Waals surface area contributed by atoms with Crippen LogP contribution >= 0.6 is 11.6 Å². The van der Waals surface area contributed by atoms with Gasteiger partial charge >= 0.3 is 0 Å². The minimum absolute atomic E-state index is 0.763. The molecule has 0 N–H and O–H groups in total. The van der Waals surface area contributed by atoms with Crippen LogP contribution in [0.3, 0.4) is 0 Å². The number of hydrogen-bond donors (Lipinski definition) is 0. The standard InChI is InChI=1S/C18H25Cl/c1-2-3-4-5-6-7-8-9-10-11-13-17-14-12-15-18(19)16-17/h12,14-16H,2-10H2,1H3. The second kappa shape index (κ2) is 10.9. The first-order chi connectivity index (χ1) is 9.33. The molecule has 19 heavy (non-hydrogen) atoms. The van der Waals surface area contributed by atoms with Crippen LogP contribution in [0, 0.1) is 11.8 Å². The Labute approximate surface area is 123 Å². The van der Waals surface area contributed by atoms with Crippen molar-refractivity contribution < 1.29 is 0 Å². The van der Waals surface area contributed by atoms with Crippen molar-refractivity contribution in [1.29, 1.82) is 0 Å². The fourth-order valence-corrected chi connectivity index (χ4v) is 2.27. The van der Waals surface area contributed by atoms with E-state index < -0.39 is 0 Å². The molecule has 0 aliphatic heterocycles. The molecule has 0 amide bonds. The van der Waals surface area contributed by atoms with Gasteiger partial charge in [0.25, 0.3) is 0 Å². The van der Waals surface area contributed by atoms with Crippen molar-refractivity contribution in [1.82, 2.24) is 0 Å². The molecule has 0 nitrogen and oxygen atoms in total. The van der Waals surface area contributed by atoms with Gasteiger partial charge in [-0.3, -0.25) is 0 Å². The Balaban J connectivity index is 2.02. The predicted octanol–water partition coefficient (Wildman–Crippen LogP) is 6.22. The molecule has 0 fully saturated rings. The summed E-state index contributed by atoms with van der Waals surface area (Å²) in [5.74, 6) is 6.40. The van der Waals surface area contributed by atoms with Gasteiger partial charge in [0.15, 0.2) is 0 Å². The largest absolute Gasteiger partial charge is 0.0979 e. The SMILES string of the molecule is CCCCCCCCCCC#Cc1cccc(Cl)c1. The van der Waals surface area contributed by atoms with Gasteiger partial charge in [-0.25, -0.2) is 0 Å². The average molecular weight is 277 g/mol. The molecule has 1 heteroatoms. The van der Waals surface area contributed by atoms with Crippen LogP contribution in [0.4, 0.5) is 0 Å². The number of benzene rings is 1. The Hall–Kier alpha value is -0.930. The van der Waals surface area contributed by atoms with Crippen molar-refractivity contribution in [2.24, 2.45) is 0 Å². The van der Waals surface area contributed by atoms with Gasteiger partial charge < -0.3 is 0 Å². The summed E-state index contributed by atoms with van der Waals surface area (Å²) in [5, 5.41) is 0.763. The lowest BCUT2D eigenvalue weighted by atomic mass is 10.1. The van der Waals surface area contributed by atoms with Gasteiger partial charge in [-0.1, -0.05) is 81.4 Å². The molecule has 0 spiro atoms. The Kier molecular flexibility index (Phi) is 9.29. The van der Waals surface area contributed by atoms with Crippen LogP contribution in [0.25, 0.3) is 0 Å². The fraction of sp³-hybridized carbons (Fsp3) is 0.556. The van der Waals surface area contributed by atoms with Crippen LogP contribution in [0.1, 0.15) is 70.3 Å². The van der Waals surface area contributed by atoms with Crippen molar-refractivity contribution in [2.75, 3.05) is 0 Å².